The Balaban J connectivity index is 2.46. The van der Waals surface area contributed by atoms with Crippen LogP contribution in [0, 0.1) is 0 Å². The van der Waals surface area contributed by atoms with E-state index in [0.717, 1.165) is 22.8 Å². The fraction of sp³-hybridized carbons (Fsp3) is 0.250. The van der Waals surface area contributed by atoms with E-state index in [2.05, 4.69) is 20.9 Å². The van der Waals surface area contributed by atoms with Crippen LogP contribution in [0.4, 0.5) is 0 Å². The van der Waals surface area contributed by atoms with Gasteiger partial charge in [0.15, 0.2) is 12.2 Å². The van der Waals surface area contributed by atoms with E-state index < -0.39 is 0 Å². The second-order valence-electron chi connectivity index (χ2n) is 3.19. The fourth-order valence-electron chi connectivity index (χ4n) is 1.52. The highest BCUT2D eigenvalue weighted by atomic mass is 79.9. The molecule has 1 heterocycles. The molecule has 16 heavy (non-hydrogen) atoms. The van der Waals surface area contributed by atoms with E-state index in [9.17, 15) is 0 Å². The van der Waals surface area contributed by atoms with Crippen molar-refractivity contribution < 1.29 is 9.15 Å². The zero-order valence-electron chi connectivity index (χ0n) is 8.94. The minimum Gasteiger partial charge on any atom is -0.493 e. The highest BCUT2D eigenvalue weighted by Crippen LogP contribution is 2.32. The summed E-state index contributed by atoms with van der Waals surface area (Å²) < 4.78 is 11.0. The highest BCUT2D eigenvalue weighted by molar-refractivity contribution is 9.08. The molecule has 2 rings (SSSR count). The third-order valence-corrected chi connectivity index (χ3v) is 2.73. The molecule has 4 heteroatoms. The molecule has 1 aromatic heterocycles. The summed E-state index contributed by atoms with van der Waals surface area (Å²) in [6.45, 7) is 2.59. The standard InChI is InChI=1S/C12H12BrNO2/c1-2-15-11-6-4-3-5-9(11)12-10(7-13)14-8-16-12/h3-6,8H,2,7H2,1H3. The van der Waals surface area contributed by atoms with Crippen molar-refractivity contribution in [2.45, 2.75) is 12.3 Å². The first-order valence-corrected chi connectivity index (χ1v) is 6.19. The van der Waals surface area contributed by atoms with E-state index >= 15 is 0 Å². The number of benzene rings is 1. The first-order valence-electron chi connectivity index (χ1n) is 5.07. The predicted molar refractivity (Wildman–Crippen MR) is 65.7 cm³/mol. The fourth-order valence-corrected chi connectivity index (χ4v) is 1.92. The van der Waals surface area contributed by atoms with Crippen molar-refractivity contribution in [2.24, 2.45) is 0 Å². The zero-order chi connectivity index (χ0) is 11.4. The molecular formula is C12H12BrNO2. The van der Waals surface area contributed by atoms with Gasteiger partial charge in [-0.1, -0.05) is 28.1 Å². The Morgan fingerprint density at radius 2 is 2.19 bits per heavy atom. The maximum Gasteiger partial charge on any atom is 0.181 e. The van der Waals surface area contributed by atoms with Crippen molar-refractivity contribution in [3.05, 3.63) is 36.4 Å². The minimum atomic E-state index is 0.634. The lowest BCUT2D eigenvalue weighted by molar-refractivity contribution is 0.340. The Morgan fingerprint density at radius 1 is 1.38 bits per heavy atom. The van der Waals surface area contributed by atoms with Crippen LogP contribution >= 0.6 is 15.9 Å². The molecule has 0 amide bonds. The van der Waals surface area contributed by atoms with Crippen molar-refractivity contribution >= 4 is 15.9 Å². The summed E-state index contributed by atoms with van der Waals surface area (Å²) >= 11 is 3.39. The summed E-state index contributed by atoms with van der Waals surface area (Å²) in [6.07, 6.45) is 1.45. The number of oxazole rings is 1. The van der Waals surface area contributed by atoms with Crippen molar-refractivity contribution in [3.63, 3.8) is 0 Å². The molecule has 0 aliphatic heterocycles. The number of alkyl halides is 1. The van der Waals surface area contributed by atoms with E-state index in [1.807, 2.05) is 31.2 Å². The summed E-state index contributed by atoms with van der Waals surface area (Å²) in [5.41, 5.74) is 1.82. The van der Waals surface area contributed by atoms with Crippen LogP contribution in [0.15, 0.2) is 35.1 Å². The third kappa shape index (κ3) is 2.11. The van der Waals surface area contributed by atoms with Gasteiger partial charge < -0.3 is 9.15 Å². The number of halogens is 1. The number of ether oxygens (including phenoxy) is 1. The normalized spacial score (nSPS) is 10.4. The third-order valence-electron chi connectivity index (χ3n) is 2.20. The average molecular weight is 282 g/mol. The molecule has 0 aliphatic carbocycles. The van der Waals surface area contributed by atoms with Crippen molar-refractivity contribution in [3.8, 4) is 17.1 Å². The molecule has 1 aromatic carbocycles. The maximum atomic E-state index is 5.56. The van der Waals surface area contributed by atoms with Gasteiger partial charge in [-0.2, -0.15) is 0 Å². The van der Waals surface area contributed by atoms with Gasteiger partial charge in [-0.05, 0) is 19.1 Å². The van der Waals surface area contributed by atoms with Gasteiger partial charge in [-0.15, -0.1) is 0 Å². The van der Waals surface area contributed by atoms with Gasteiger partial charge in [0.2, 0.25) is 0 Å². The second kappa shape index (κ2) is 5.16. The molecule has 0 bridgehead atoms. The summed E-state index contributed by atoms with van der Waals surface area (Å²) in [6, 6.07) is 7.80. The summed E-state index contributed by atoms with van der Waals surface area (Å²) in [5.74, 6) is 1.59. The van der Waals surface area contributed by atoms with Gasteiger partial charge in [-0.3, -0.25) is 0 Å². The number of hydrogen-bond donors (Lipinski definition) is 0. The quantitative estimate of drug-likeness (QED) is 0.803. The van der Waals surface area contributed by atoms with E-state index in [1.54, 1.807) is 0 Å². The number of hydrogen-bond acceptors (Lipinski definition) is 3. The summed E-state index contributed by atoms with van der Waals surface area (Å²) in [5, 5.41) is 0.666. The van der Waals surface area contributed by atoms with Gasteiger partial charge in [-0.25, -0.2) is 4.98 Å². The Bertz CT molecular complexity index is 468. The van der Waals surface area contributed by atoms with Crippen LogP contribution in [0.25, 0.3) is 11.3 Å². The highest BCUT2D eigenvalue weighted by Gasteiger charge is 2.13. The Labute approximate surface area is 103 Å². The molecule has 0 fully saturated rings. The van der Waals surface area contributed by atoms with Gasteiger partial charge in [0.25, 0.3) is 0 Å². The molecule has 0 radical (unpaired) electrons. The van der Waals surface area contributed by atoms with E-state index in [1.165, 1.54) is 6.39 Å². The average Bonchev–Trinajstić information content (AvgIpc) is 2.78. The molecule has 0 saturated heterocycles. The topological polar surface area (TPSA) is 35.3 Å². The molecule has 2 aromatic rings. The number of nitrogens with zero attached hydrogens (tertiary/aromatic N) is 1. The lowest BCUT2D eigenvalue weighted by atomic mass is 10.1. The van der Waals surface area contributed by atoms with Crippen LogP contribution in [0.2, 0.25) is 0 Å². The van der Waals surface area contributed by atoms with E-state index in [-0.39, 0.29) is 0 Å². The monoisotopic (exact) mass is 281 g/mol. The number of aromatic nitrogens is 1. The van der Waals surface area contributed by atoms with Gasteiger partial charge in [0.1, 0.15) is 5.75 Å². The summed E-state index contributed by atoms with van der Waals surface area (Å²) in [7, 11) is 0. The van der Waals surface area contributed by atoms with E-state index in [4.69, 9.17) is 9.15 Å². The van der Waals surface area contributed by atoms with Crippen LogP contribution < -0.4 is 4.74 Å². The van der Waals surface area contributed by atoms with Crippen molar-refractivity contribution in [1.29, 1.82) is 0 Å². The predicted octanol–water partition coefficient (Wildman–Crippen LogP) is 3.64. The lowest BCUT2D eigenvalue weighted by Gasteiger charge is -2.08. The maximum absolute atomic E-state index is 5.56. The molecule has 0 N–H and O–H groups in total. The number of para-hydroxylation sites is 1. The SMILES string of the molecule is CCOc1ccccc1-c1ocnc1CBr. The van der Waals surface area contributed by atoms with Gasteiger partial charge in [0, 0.05) is 5.33 Å². The second-order valence-corrected chi connectivity index (χ2v) is 3.75. The Kier molecular flexibility index (Phi) is 3.62. The Hall–Kier alpha value is -1.29. The molecule has 84 valence electrons. The van der Waals surface area contributed by atoms with Crippen LogP contribution in [-0.4, -0.2) is 11.6 Å². The summed E-state index contributed by atoms with van der Waals surface area (Å²) in [4.78, 5) is 4.14. The zero-order valence-corrected chi connectivity index (χ0v) is 10.5. The van der Waals surface area contributed by atoms with Crippen LogP contribution in [0.3, 0.4) is 0 Å². The molecule has 0 spiro atoms. The number of rotatable bonds is 4. The first-order chi connectivity index (χ1) is 7.86. The molecule has 0 aliphatic rings. The first kappa shape index (κ1) is 11.2. The van der Waals surface area contributed by atoms with Crippen molar-refractivity contribution in [1.82, 2.24) is 4.98 Å². The van der Waals surface area contributed by atoms with Crippen LogP contribution in [-0.2, 0) is 5.33 Å². The molecule has 0 atom stereocenters. The van der Waals surface area contributed by atoms with Crippen LogP contribution in [0.1, 0.15) is 12.6 Å². The smallest absolute Gasteiger partial charge is 0.181 e. The van der Waals surface area contributed by atoms with Crippen LogP contribution in [0.5, 0.6) is 5.75 Å². The lowest BCUT2D eigenvalue weighted by Crippen LogP contribution is -1.94. The molecular weight excluding hydrogens is 270 g/mol. The van der Waals surface area contributed by atoms with Gasteiger partial charge >= 0.3 is 0 Å². The van der Waals surface area contributed by atoms with E-state index in [0.29, 0.717) is 11.9 Å². The van der Waals surface area contributed by atoms with Gasteiger partial charge in [0.05, 0.1) is 17.9 Å². The molecule has 3 nitrogen and oxygen atoms in total. The van der Waals surface area contributed by atoms with Crippen molar-refractivity contribution in [2.75, 3.05) is 6.61 Å². The Morgan fingerprint density at radius 3 is 2.94 bits per heavy atom. The largest absolute Gasteiger partial charge is 0.493 e. The molecule has 0 saturated carbocycles. The minimum absolute atomic E-state index is 0.634. The molecule has 0 unspecified atom stereocenters.